The molecule has 126 valence electrons. The Labute approximate surface area is 139 Å². The summed E-state index contributed by atoms with van der Waals surface area (Å²) < 4.78 is 10.6. The fraction of sp³-hybridized carbons (Fsp3) is 0.235. The van der Waals surface area contributed by atoms with Gasteiger partial charge in [0.15, 0.2) is 6.10 Å². The van der Waals surface area contributed by atoms with Crippen molar-refractivity contribution in [2.24, 2.45) is 0 Å². The molecule has 2 aromatic rings. The Morgan fingerprint density at radius 3 is 2.58 bits per heavy atom. The fourth-order valence-electron chi connectivity index (χ4n) is 2.06. The minimum Gasteiger partial charge on any atom is -0.497 e. The van der Waals surface area contributed by atoms with Gasteiger partial charge in [0.05, 0.1) is 12.0 Å². The van der Waals surface area contributed by atoms with Crippen LogP contribution in [0.15, 0.2) is 42.5 Å². The molecular weight excluding hydrogens is 312 g/mol. The molecule has 0 heterocycles. The van der Waals surface area contributed by atoms with Gasteiger partial charge in [0.25, 0.3) is 11.6 Å². The van der Waals surface area contributed by atoms with Gasteiger partial charge in [-0.25, -0.2) is 0 Å². The average Bonchev–Trinajstić information content (AvgIpc) is 2.56. The number of methoxy groups -OCH3 is 1. The molecule has 1 atom stereocenters. The molecule has 1 unspecified atom stereocenters. The summed E-state index contributed by atoms with van der Waals surface area (Å²) in [6.07, 6.45) is -0.835. The summed E-state index contributed by atoms with van der Waals surface area (Å²) in [6.45, 7) is 3.31. The minimum absolute atomic E-state index is 0.136. The molecule has 0 saturated heterocycles. The molecule has 0 aliphatic carbocycles. The van der Waals surface area contributed by atoms with Gasteiger partial charge in [0, 0.05) is 12.1 Å². The van der Waals surface area contributed by atoms with Crippen molar-refractivity contribution in [3.63, 3.8) is 0 Å². The number of nitrogens with one attached hydrogen (secondary N) is 1. The number of rotatable bonds is 6. The highest BCUT2D eigenvalue weighted by atomic mass is 16.6. The van der Waals surface area contributed by atoms with Crippen LogP contribution in [0, 0.1) is 17.0 Å². The number of hydrogen-bond donors (Lipinski definition) is 1. The van der Waals surface area contributed by atoms with Crippen LogP contribution in [-0.2, 0) is 4.79 Å². The summed E-state index contributed by atoms with van der Waals surface area (Å²) in [7, 11) is 1.53. The molecule has 0 aromatic heterocycles. The van der Waals surface area contributed by atoms with E-state index in [1.54, 1.807) is 44.2 Å². The van der Waals surface area contributed by atoms with E-state index in [-0.39, 0.29) is 11.4 Å². The van der Waals surface area contributed by atoms with E-state index in [1.807, 2.05) is 0 Å². The van der Waals surface area contributed by atoms with E-state index in [0.717, 1.165) is 5.56 Å². The first-order valence-electron chi connectivity index (χ1n) is 7.27. The molecule has 24 heavy (non-hydrogen) atoms. The second kappa shape index (κ2) is 7.45. The van der Waals surface area contributed by atoms with Crippen molar-refractivity contribution < 1.29 is 19.2 Å². The third-order valence-electron chi connectivity index (χ3n) is 3.33. The lowest BCUT2D eigenvalue weighted by molar-refractivity contribution is -0.384. The van der Waals surface area contributed by atoms with Crippen LogP contribution >= 0.6 is 0 Å². The van der Waals surface area contributed by atoms with Crippen LogP contribution in [0.5, 0.6) is 11.5 Å². The lowest BCUT2D eigenvalue weighted by Crippen LogP contribution is -2.30. The van der Waals surface area contributed by atoms with Crippen LogP contribution in [0.2, 0.25) is 0 Å². The van der Waals surface area contributed by atoms with Crippen molar-refractivity contribution in [2.45, 2.75) is 20.0 Å². The number of amides is 1. The molecule has 7 nitrogen and oxygen atoms in total. The molecule has 0 fully saturated rings. The third kappa shape index (κ3) is 4.22. The van der Waals surface area contributed by atoms with Crippen LogP contribution in [-0.4, -0.2) is 24.0 Å². The van der Waals surface area contributed by atoms with Crippen LogP contribution in [0.4, 0.5) is 11.4 Å². The van der Waals surface area contributed by atoms with Crippen LogP contribution in [0.3, 0.4) is 0 Å². The maximum atomic E-state index is 12.2. The zero-order chi connectivity index (χ0) is 17.7. The predicted molar refractivity (Wildman–Crippen MR) is 89.5 cm³/mol. The van der Waals surface area contributed by atoms with Crippen molar-refractivity contribution in [2.75, 3.05) is 12.4 Å². The highest BCUT2D eigenvalue weighted by molar-refractivity contribution is 5.96. The Morgan fingerprint density at radius 2 is 1.92 bits per heavy atom. The van der Waals surface area contributed by atoms with Crippen molar-refractivity contribution >= 4 is 17.3 Å². The largest absolute Gasteiger partial charge is 0.497 e. The van der Waals surface area contributed by atoms with Gasteiger partial charge in [-0.1, -0.05) is 12.1 Å². The number of aryl methyl sites for hydroxylation is 1. The molecule has 1 amide bonds. The zero-order valence-electron chi connectivity index (χ0n) is 13.6. The summed E-state index contributed by atoms with van der Waals surface area (Å²) >= 11 is 0. The number of carbonyl (C=O) groups excluding carboxylic acids is 1. The molecule has 0 bridgehead atoms. The maximum absolute atomic E-state index is 12.2. The van der Waals surface area contributed by atoms with Crippen molar-refractivity contribution in [1.82, 2.24) is 0 Å². The van der Waals surface area contributed by atoms with E-state index in [1.165, 1.54) is 19.2 Å². The molecule has 2 aromatic carbocycles. The number of nitro benzene ring substituents is 1. The number of nitrogens with zero attached hydrogens (tertiary/aromatic N) is 1. The Hall–Kier alpha value is -3.09. The first-order valence-corrected chi connectivity index (χ1v) is 7.27. The summed E-state index contributed by atoms with van der Waals surface area (Å²) in [5.41, 5.74) is 0.717. The summed E-state index contributed by atoms with van der Waals surface area (Å²) in [6, 6.07) is 11.4. The molecule has 0 aliphatic rings. The van der Waals surface area contributed by atoms with Crippen LogP contribution in [0.25, 0.3) is 0 Å². The lowest BCUT2D eigenvalue weighted by Gasteiger charge is -2.15. The fourth-order valence-corrected chi connectivity index (χ4v) is 2.06. The topological polar surface area (TPSA) is 90.7 Å². The van der Waals surface area contributed by atoms with E-state index in [4.69, 9.17) is 9.47 Å². The quantitative estimate of drug-likeness (QED) is 0.648. The second-order valence-electron chi connectivity index (χ2n) is 5.21. The monoisotopic (exact) mass is 330 g/mol. The zero-order valence-corrected chi connectivity index (χ0v) is 13.6. The van der Waals surface area contributed by atoms with E-state index < -0.39 is 16.9 Å². The van der Waals surface area contributed by atoms with Crippen molar-refractivity contribution in [3.05, 3.63) is 58.1 Å². The van der Waals surface area contributed by atoms with Gasteiger partial charge in [-0.05, 0) is 37.6 Å². The molecule has 0 saturated carbocycles. The molecule has 0 aliphatic heterocycles. The number of carbonyl (C=O) groups is 1. The summed E-state index contributed by atoms with van der Waals surface area (Å²) in [4.78, 5) is 22.8. The first-order chi connectivity index (χ1) is 11.4. The van der Waals surface area contributed by atoms with Crippen LogP contribution in [0.1, 0.15) is 12.5 Å². The van der Waals surface area contributed by atoms with E-state index in [2.05, 4.69) is 5.32 Å². The predicted octanol–water partition coefficient (Wildman–Crippen LogP) is 3.32. The highest BCUT2D eigenvalue weighted by Crippen LogP contribution is 2.26. The van der Waals surface area contributed by atoms with E-state index in [9.17, 15) is 14.9 Å². The molecule has 1 N–H and O–H groups in total. The van der Waals surface area contributed by atoms with Gasteiger partial charge in [-0.15, -0.1) is 0 Å². The third-order valence-corrected chi connectivity index (χ3v) is 3.33. The van der Waals surface area contributed by atoms with Crippen molar-refractivity contribution in [1.29, 1.82) is 0 Å². The standard InChI is InChI=1S/C17H18N2O5/c1-11-7-8-15(16(9-11)19(21)22)18-17(20)12(2)24-14-6-4-5-13(10-14)23-3/h4-10,12H,1-3H3,(H,18,20). The number of benzene rings is 2. The molecule has 0 spiro atoms. The van der Waals surface area contributed by atoms with Gasteiger partial charge in [0.2, 0.25) is 0 Å². The summed E-state index contributed by atoms with van der Waals surface area (Å²) in [5.74, 6) is 0.592. The molecular formula is C17H18N2O5. The minimum atomic E-state index is -0.835. The SMILES string of the molecule is COc1cccc(OC(C)C(=O)Nc2ccc(C)cc2[N+](=O)[O-])c1. The van der Waals surface area contributed by atoms with Gasteiger partial charge in [0.1, 0.15) is 17.2 Å². The average molecular weight is 330 g/mol. The van der Waals surface area contributed by atoms with Gasteiger partial charge >= 0.3 is 0 Å². The van der Waals surface area contributed by atoms with Crippen molar-refractivity contribution in [3.8, 4) is 11.5 Å². The van der Waals surface area contributed by atoms with Gasteiger partial charge < -0.3 is 14.8 Å². The van der Waals surface area contributed by atoms with Crippen LogP contribution < -0.4 is 14.8 Å². The second-order valence-corrected chi connectivity index (χ2v) is 5.21. The lowest BCUT2D eigenvalue weighted by atomic mass is 10.2. The number of ether oxygens (including phenoxy) is 2. The number of anilines is 1. The molecule has 0 radical (unpaired) electrons. The van der Waals surface area contributed by atoms with Gasteiger partial charge in [-0.2, -0.15) is 0 Å². The Morgan fingerprint density at radius 1 is 1.21 bits per heavy atom. The normalized spacial score (nSPS) is 11.5. The summed E-state index contributed by atoms with van der Waals surface area (Å²) in [5, 5.41) is 13.6. The number of hydrogen-bond acceptors (Lipinski definition) is 5. The maximum Gasteiger partial charge on any atom is 0.293 e. The van der Waals surface area contributed by atoms with E-state index >= 15 is 0 Å². The highest BCUT2D eigenvalue weighted by Gasteiger charge is 2.20. The Kier molecular flexibility index (Phi) is 5.36. The Balaban J connectivity index is 2.10. The van der Waals surface area contributed by atoms with E-state index in [0.29, 0.717) is 11.5 Å². The number of nitro groups is 1. The molecule has 7 heteroatoms. The van der Waals surface area contributed by atoms with Gasteiger partial charge in [-0.3, -0.25) is 14.9 Å². The molecule has 2 rings (SSSR count). The smallest absolute Gasteiger partial charge is 0.293 e. The first kappa shape index (κ1) is 17.3. The Bertz CT molecular complexity index is 760.